The summed E-state index contributed by atoms with van der Waals surface area (Å²) in [6.07, 6.45) is 5.53. The molecule has 2 rings (SSSR count). The summed E-state index contributed by atoms with van der Waals surface area (Å²) in [6.45, 7) is 2.92. The second-order valence-corrected chi connectivity index (χ2v) is 5.53. The quantitative estimate of drug-likeness (QED) is 0.661. The number of carbonyl (C=O) groups excluding carboxylic acids is 1. The van der Waals surface area contributed by atoms with E-state index in [1.165, 1.54) is 6.42 Å². The van der Waals surface area contributed by atoms with Crippen molar-refractivity contribution in [3.63, 3.8) is 0 Å². The van der Waals surface area contributed by atoms with E-state index in [-0.39, 0.29) is 12.0 Å². The van der Waals surface area contributed by atoms with Gasteiger partial charge in [0.05, 0.1) is 6.10 Å². The highest BCUT2D eigenvalue weighted by atomic mass is 16.3. The average Bonchev–Trinajstić information content (AvgIpc) is 2.95. The average molecular weight is 240 g/mol. The third-order valence-corrected chi connectivity index (χ3v) is 4.04. The maximum atomic E-state index is 11.6. The Morgan fingerprint density at radius 3 is 2.82 bits per heavy atom. The first-order valence-electron chi connectivity index (χ1n) is 6.89. The Kier molecular flexibility index (Phi) is 4.80. The molecule has 98 valence electrons. The smallest absolute Gasteiger partial charge is 0.220 e. The van der Waals surface area contributed by atoms with Crippen LogP contribution in [0.1, 0.15) is 38.5 Å². The van der Waals surface area contributed by atoms with Gasteiger partial charge in [0.2, 0.25) is 5.91 Å². The minimum absolute atomic E-state index is 0.138. The molecule has 3 unspecified atom stereocenters. The van der Waals surface area contributed by atoms with Crippen LogP contribution in [0.3, 0.4) is 0 Å². The predicted octanol–water partition coefficient (Wildman–Crippen LogP) is 0.653. The molecule has 1 saturated carbocycles. The maximum Gasteiger partial charge on any atom is 0.220 e. The first-order chi connectivity index (χ1) is 8.24. The number of nitrogens with one attached hydrogen (secondary N) is 2. The van der Waals surface area contributed by atoms with Crippen LogP contribution in [0.4, 0.5) is 0 Å². The second kappa shape index (κ2) is 6.36. The maximum absolute atomic E-state index is 11.6. The molecule has 1 saturated heterocycles. The lowest BCUT2D eigenvalue weighted by molar-refractivity contribution is -0.121. The topological polar surface area (TPSA) is 61.4 Å². The van der Waals surface area contributed by atoms with Gasteiger partial charge in [-0.15, -0.1) is 0 Å². The van der Waals surface area contributed by atoms with Crippen LogP contribution in [-0.2, 0) is 4.79 Å². The summed E-state index contributed by atoms with van der Waals surface area (Å²) in [6, 6.07) is 0. The molecule has 0 aromatic heterocycles. The van der Waals surface area contributed by atoms with Crippen molar-refractivity contribution in [2.24, 2.45) is 11.8 Å². The summed E-state index contributed by atoms with van der Waals surface area (Å²) in [5, 5.41) is 15.7. The minimum Gasteiger partial charge on any atom is -0.393 e. The first-order valence-corrected chi connectivity index (χ1v) is 6.89. The van der Waals surface area contributed by atoms with E-state index in [0.29, 0.717) is 18.3 Å². The van der Waals surface area contributed by atoms with Gasteiger partial charge in [-0.1, -0.05) is 0 Å². The monoisotopic (exact) mass is 240 g/mol. The van der Waals surface area contributed by atoms with E-state index < -0.39 is 0 Å². The standard InChI is InChI=1S/C13H24N2O2/c16-12-3-1-11(7-12)9-15-13(17)4-2-10-5-6-14-8-10/h10-12,14,16H,1-9H2,(H,15,17). The third-order valence-electron chi connectivity index (χ3n) is 4.04. The van der Waals surface area contributed by atoms with Crippen LogP contribution >= 0.6 is 0 Å². The fourth-order valence-electron chi connectivity index (χ4n) is 2.88. The highest BCUT2D eigenvalue weighted by Crippen LogP contribution is 2.24. The lowest BCUT2D eigenvalue weighted by atomic mass is 10.0. The summed E-state index contributed by atoms with van der Waals surface area (Å²) in [5.41, 5.74) is 0. The van der Waals surface area contributed by atoms with Gasteiger partial charge in [-0.05, 0) is 57.0 Å². The molecule has 0 spiro atoms. The molecule has 0 radical (unpaired) electrons. The van der Waals surface area contributed by atoms with Gasteiger partial charge >= 0.3 is 0 Å². The highest BCUT2D eigenvalue weighted by molar-refractivity contribution is 5.75. The Morgan fingerprint density at radius 2 is 2.18 bits per heavy atom. The largest absolute Gasteiger partial charge is 0.393 e. The third kappa shape index (κ3) is 4.28. The second-order valence-electron chi connectivity index (χ2n) is 5.53. The van der Waals surface area contributed by atoms with Crippen molar-refractivity contribution in [1.29, 1.82) is 0 Å². The zero-order chi connectivity index (χ0) is 12.1. The molecule has 1 heterocycles. The van der Waals surface area contributed by atoms with Crippen LogP contribution in [-0.4, -0.2) is 36.8 Å². The summed E-state index contributed by atoms with van der Waals surface area (Å²) in [4.78, 5) is 11.6. The van der Waals surface area contributed by atoms with Gasteiger partial charge in [0.15, 0.2) is 0 Å². The molecule has 3 atom stereocenters. The summed E-state index contributed by atoms with van der Waals surface area (Å²) >= 11 is 0. The molecule has 1 aliphatic heterocycles. The van der Waals surface area contributed by atoms with Gasteiger partial charge in [0, 0.05) is 13.0 Å². The van der Waals surface area contributed by atoms with Crippen molar-refractivity contribution >= 4 is 5.91 Å². The van der Waals surface area contributed by atoms with E-state index >= 15 is 0 Å². The van der Waals surface area contributed by atoms with Gasteiger partial charge in [0.1, 0.15) is 0 Å². The fourth-order valence-corrected chi connectivity index (χ4v) is 2.88. The number of aliphatic hydroxyl groups excluding tert-OH is 1. The number of amides is 1. The van der Waals surface area contributed by atoms with Crippen LogP contribution in [0.5, 0.6) is 0 Å². The van der Waals surface area contributed by atoms with Crippen LogP contribution in [0, 0.1) is 11.8 Å². The van der Waals surface area contributed by atoms with Crippen LogP contribution in [0.15, 0.2) is 0 Å². The van der Waals surface area contributed by atoms with E-state index in [4.69, 9.17) is 0 Å². The fraction of sp³-hybridized carbons (Fsp3) is 0.923. The van der Waals surface area contributed by atoms with E-state index in [9.17, 15) is 9.90 Å². The molecule has 17 heavy (non-hydrogen) atoms. The molecule has 0 aromatic rings. The normalized spacial score (nSPS) is 32.9. The summed E-state index contributed by atoms with van der Waals surface area (Å²) in [7, 11) is 0. The lowest BCUT2D eigenvalue weighted by Crippen LogP contribution is -2.29. The number of aliphatic hydroxyl groups is 1. The van der Waals surface area contributed by atoms with E-state index in [2.05, 4.69) is 10.6 Å². The van der Waals surface area contributed by atoms with Gasteiger partial charge in [-0.3, -0.25) is 4.79 Å². The molecular weight excluding hydrogens is 216 g/mol. The zero-order valence-electron chi connectivity index (χ0n) is 10.5. The molecule has 4 nitrogen and oxygen atoms in total. The number of hydrogen-bond donors (Lipinski definition) is 3. The highest BCUT2D eigenvalue weighted by Gasteiger charge is 2.23. The van der Waals surface area contributed by atoms with Crippen molar-refractivity contribution in [2.75, 3.05) is 19.6 Å². The Bertz CT molecular complexity index is 252. The van der Waals surface area contributed by atoms with Crippen molar-refractivity contribution in [1.82, 2.24) is 10.6 Å². The molecule has 1 aliphatic carbocycles. The molecule has 3 N–H and O–H groups in total. The Hall–Kier alpha value is -0.610. The van der Waals surface area contributed by atoms with Gasteiger partial charge in [0.25, 0.3) is 0 Å². The molecule has 2 fully saturated rings. The van der Waals surface area contributed by atoms with Crippen molar-refractivity contribution in [2.45, 2.75) is 44.6 Å². The number of carbonyl (C=O) groups is 1. The van der Waals surface area contributed by atoms with E-state index in [1.807, 2.05) is 0 Å². The molecule has 0 aromatic carbocycles. The molecule has 1 amide bonds. The SMILES string of the molecule is O=C(CCC1CCNC1)NCC1CCC(O)C1. The Balaban J connectivity index is 1.54. The van der Waals surface area contributed by atoms with Gasteiger partial charge in [-0.2, -0.15) is 0 Å². The van der Waals surface area contributed by atoms with Crippen LogP contribution in [0.25, 0.3) is 0 Å². The Morgan fingerprint density at radius 1 is 1.29 bits per heavy atom. The number of hydrogen-bond acceptors (Lipinski definition) is 3. The van der Waals surface area contributed by atoms with Gasteiger partial charge < -0.3 is 15.7 Å². The Labute approximate surface area is 103 Å². The summed E-state index contributed by atoms with van der Waals surface area (Å²) < 4.78 is 0. The first kappa shape index (κ1) is 12.8. The van der Waals surface area contributed by atoms with Gasteiger partial charge in [-0.25, -0.2) is 0 Å². The minimum atomic E-state index is -0.138. The van der Waals surface area contributed by atoms with Crippen molar-refractivity contribution < 1.29 is 9.90 Å². The van der Waals surface area contributed by atoms with Crippen LogP contribution < -0.4 is 10.6 Å². The van der Waals surface area contributed by atoms with Crippen molar-refractivity contribution in [3.8, 4) is 0 Å². The van der Waals surface area contributed by atoms with E-state index in [0.717, 1.165) is 45.3 Å². The zero-order valence-corrected chi connectivity index (χ0v) is 10.5. The molecular formula is C13H24N2O2. The van der Waals surface area contributed by atoms with Crippen molar-refractivity contribution in [3.05, 3.63) is 0 Å². The van der Waals surface area contributed by atoms with Crippen LogP contribution in [0.2, 0.25) is 0 Å². The lowest BCUT2D eigenvalue weighted by Gasteiger charge is -2.12. The predicted molar refractivity (Wildman–Crippen MR) is 66.6 cm³/mol. The summed E-state index contributed by atoms with van der Waals surface area (Å²) in [5.74, 6) is 1.36. The molecule has 0 bridgehead atoms. The van der Waals surface area contributed by atoms with E-state index in [1.54, 1.807) is 0 Å². The number of rotatable bonds is 5. The molecule has 4 heteroatoms. The molecule has 2 aliphatic rings.